The Morgan fingerprint density at radius 3 is 2.31 bits per heavy atom. The average Bonchev–Trinajstić information content (AvgIpc) is 2.99. The van der Waals surface area contributed by atoms with Gasteiger partial charge in [0.2, 0.25) is 11.6 Å². The smallest absolute Gasteiger partial charge is 0.217 e. The van der Waals surface area contributed by atoms with E-state index in [9.17, 15) is 55.2 Å². The van der Waals surface area contributed by atoms with E-state index in [1.165, 1.54) is 26.0 Å². The summed E-state index contributed by atoms with van der Waals surface area (Å²) in [7, 11) is 1.16. The van der Waals surface area contributed by atoms with Crippen LogP contribution in [0, 0.1) is 5.92 Å². The van der Waals surface area contributed by atoms with Gasteiger partial charge in [0, 0.05) is 31.9 Å². The van der Waals surface area contributed by atoms with E-state index in [0.29, 0.717) is 0 Å². The first-order chi connectivity index (χ1) is 22.9. The van der Waals surface area contributed by atoms with Gasteiger partial charge < -0.3 is 64.5 Å². The van der Waals surface area contributed by atoms with E-state index in [4.69, 9.17) is 23.7 Å². The average molecular weight is 691 g/mol. The number of hydrogen-bond acceptors (Lipinski definition) is 16. The van der Waals surface area contributed by atoms with Crippen molar-refractivity contribution >= 4 is 28.1 Å². The molecule has 16 nitrogen and oxygen atoms in total. The van der Waals surface area contributed by atoms with E-state index in [-0.39, 0.29) is 34.9 Å². The summed E-state index contributed by atoms with van der Waals surface area (Å²) in [5.41, 5.74) is -3.71. The highest BCUT2D eigenvalue weighted by molar-refractivity contribution is 6.25. The summed E-state index contributed by atoms with van der Waals surface area (Å²) in [6.45, 7) is 3.74. The van der Waals surface area contributed by atoms with Gasteiger partial charge in [-0.2, -0.15) is 0 Å². The number of hydrogen-bond donors (Lipinski definition) is 8. The number of methoxy groups -OCH3 is 1. The molecule has 2 fully saturated rings. The Morgan fingerprint density at radius 1 is 0.980 bits per heavy atom. The molecule has 0 saturated carbocycles. The lowest BCUT2D eigenvalue weighted by Crippen LogP contribution is -2.66. The predicted octanol–water partition coefficient (Wildman–Crippen LogP) is 0.124. The van der Waals surface area contributed by atoms with Crippen molar-refractivity contribution < 1.29 is 78.9 Å². The Kier molecular flexibility index (Phi) is 8.79. The lowest BCUT2D eigenvalue weighted by molar-refractivity contribution is -0.388. The lowest BCUT2D eigenvalue weighted by atomic mass is 9.62. The summed E-state index contributed by atoms with van der Waals surface area (Å²) in [5, 5.41) is 86.1. The number of benzene rings is 2. The fourth-order valence-corrected chi connectivity index (χ4v) is 7.46. The minimum atomic E-state index is -2.69. The van der Waals surface area contributed by atoms with Crippen LogP contribution in [0.1, 0.15) is 49.5 Å². The van der Waals surface area contributed by atoms with Gasteiger partial charge in [0.25, 0.3) is 0 Å². The van der Waals surface area contributed by atoms with Gasteiger partial charge in [-0.25, -0.2) is 0 Å². The highest BCUT2D eigenvalue weighted by Crippen LogP contribution is 2.52. The SMILES string of the molecule is COC1C(=O)C(C(C)=O)=C(O)C2(OC3CC(OC4CC(O)C(O)C(C)O4)C(O)(O)C(C)O3)C(=O)c3c(cc4cc(O)cc(O)c4c3O)CC12. The number of ether oxygens (including phenoxy) is 5. The molecule has 0 amide bonds. The van der Waals surface area contributed by atoms with E-state index >= 15 is 0 Å². The number of phenols is 3. The largest absolute Gasteiger partial charge is 0.508 e. The molecular weight excluding hydrogens is 652 g/mol. The number of fused-ring (bicyclic) bond motifs is 3. The number of phenolic OH excluding ortho intramolecular Hbond substituents is 3. The molecule has 10 unspecified atom stereocenters. The number of Topliss-reactive ketones (excluding diaryl/α,β-unsaturated/α-hetero) is 3. The van der Waals surface area contributed by atoms with Gasteiger partial charge in [-0.15, -0.1) is 0 Å². The molecule has 6 rings (SSSR count). The molecule has 2 aromatic carbocycles. The van der Waals surface area contributed by atoms with Crippen LogP contribution in [0.3, 0.4) is 0 Å². The van der Waals surface area contributed by atoms with Crippen molar-refractivity contribution in [3.8, 4) is 17.2 Å². The highest BCUT2D eigenvalue weighted by Gasteiger charge is 2.65. The van der Waals surface area contributed by atoms with Gasteiger partial charge in [-0.05, 0) is 50.3 Å². The Hall–Kier alpha value is -3.71. The lowest BCUT2D eigenvalue weighted by Gasteiger charge is -2.51. The zero-order valence-corrected chi connectivity index (χ0v) is 26.9. The summed E-state index contributed by atoms with van der Waals surface area (Å²) in [6.07, 6.45) is -11.9. The first kappa shape index (κ1) is 35.1. The molecule has 16 heteroatoms. The molecule has 0 bridgehead atoms. The summed E-state index contributed by atoms with van der Waals surface area (Å²) >= 11 is 0. The van der Waals surface area contributed by atoms with Crippen molar-refractivity contribution in [2.75, 3.05) is 7.11 Å². The highest BCUT2D eigenvalue weighted by atomic mass is 16.7. The Bertz CT molecular complexity index is 1740. The topological polar surface area (TPSA) is 259 Å². The van der Waals surface area contributed by atoms with Crippen molar-refractivity contribution in [2.45, 2.75) is 101 Å². The molecule has 8 N–H and O–H groups in total. The predicted molar refractivity (Wildman–Crippen MR) is 162 cm³/mol. The second-order valence-electron chi connectivity index (χ2n) is 13.0. The number of ketones is 3. The Morgan fingerprint density at radius 2 is 1.67 bits per heavy atom. The molecule has 0 aromatic heterocycles. The monoisotopic (exact) mass is 690 g/mol. The van der Waals surface area contributed by atoms with Crippen molar-refractivity contribution in [3.63, 3.8) is 0 Å². The van der Waals surface area contributed by atoms with Crippen LogP contribution in [0.4, 0.5) is 0 Å². The molecule has 2 aliphatic heterocycles. The fourth-order valence-electron chi connectivity index (χ4n) is 7.46. The van der Waals surface area contributed by atoms with Crippen LogP contribution in [0.5, 0.6) is 17.2 Å². The normalized spacial score (nSPS) is 36.0. The number of aliphatic hydroxyl groups excluding tert-OH is 3. The maximum atomic E-state index is 14.8. The molecular formula is C33H38O16. The van der Waals surface area contributed by atoms with Crippen LogP contribution in [0.2, 0.25) is 0 Å². The third kappa shape index (κ3) is 5.38. The van der Waals surface area contributed by atoms with Crippen LogP contribution < -0.4 is 0 Å². The van der Waals surface area contributed by atoms with Gasteiger partial charge in [-0.3, -0.25) is 14.4 Å². The zero-order chi connectivity index (χ0) is 35.9. The van der Waals surface area contributed by atoms with Gasteiger partial charge in [0.05, 0.1) is 23.2 Å². The van der Waals surface area contributed by atoms with Crippen LogP contribution in [0.15, 0.2) is 29.5 Å². The quantitative estimate of drug-likeness (QED) is 0.148. The maximum Gasteiger partial charge on any atom is 0.217 e. The third-order valence-corrected chi connectivity index (χ3v) is 9.99. The van der Waals surface area contributed by atoms with Gasteiger partial charge in [0.15, 0.2) is 29.7 Å². The second-order valence-corrected chi connectivity index (χ2v) is 13.0. The number of rotatable bonds is 6. The van der Waals surface area contributed by atoms with Gasteiger partial charge >= 0.3 is 0 Å². The molecule has 0 spiro atoms. The van der Waals surface area contributed by atoms with E-state index in [1.807, 2.05) is 0 Å². The van der Waals surface area contributed by atoms with Crippen LogP contribution in [-0.2, 0) is 39.7 Å². The van der Waals surface area contributed by atoms with Crippen LogP contribution in [-0.4, -0.2) is 126 Å². The van der Waals surface area contributed by atoms with Crippen molar-refractivity contribution in [1.29, 1.82) is 0 Å². The van der Waals surface area contributed by atoms with Gasteiger partial charge in [-0.1, -0.05) is 0 Å². The van der Waals surface area contributed by atoms with E-state index in [2.05, 4.69) is 0 Å². The fraction of sp³-hybridized carbons (Fsp3) is 0.545. The molecule has 0 radical (unpaired) electrons. The molecule has 2 heterocycles. The number of carbonyl (C=O) groups excluding carboxylic acids is 3. The van der Waals surface area contributed by atoms with Crippen molar-refractivity contribution in [3.05, 3.63) is 40.7 Å². The molecule has 266 valence electrons. The first-order valence-electron chi connectivity index (χ1n) is 15.7. The van der Waals surface area contributed by atoms with E-state index in [1.54, 1.807) is 0 Å². The molecule has 2 aliphatic carbocycles. The number of carbonyl (C=O) groups is 3. The van der Waals surface area contributed by atoms with Crippen LogP contribution >= 0.6 is 0 Å². The molecule has 49 heavy (non-hydrogen) atoms. The Balaban J connectivity index is 1.47. The Labute approximate surface area is 278 Å². The summed E-state index contributed by atoms with van der Waals surface area (Å²) in [5.74, 6) is -9.76. The van der Waals surface area contributed by atoms with Crippen molar-refractivity contribution in [2.24, 2.45) is 5.92 Å². The van der Waals surface area contributed by atoms with Crippen molar-refractivity contribution in [1.82, 2.24) is 0 Å². The molecule has 4 aliphatic rings. The third-order valence-electron chi connectivity index (χ3n) is 9.99. The number of aromatic hydroxyl groups is 3. The minimum absolute atomic E-state index is 0.145. The summed E-state index contributed by atoms with van der Waals surface area (Å²) in [6, 6.07) is 3.61. The number of aliphatic hydroxyl groups is 5. The van der Waals surface area contributed by atoms with Crippen LogP contribution in [0.25, 0.3) is 10.8 Å². The van der Waals surface area contributed by atoms with E-state index < -0.39 is 119 Å². The first-order valence-corrected chi connectivity index (χ1v) is 15.7. The molecule has 2 aromatic rings. The summed E-state index contributed by atoms with van der Waals surface area (Å²) in [4.78, 5) is 41.2. The minimum Gasteiger partial charge on any atom is -0.508 e. The maximum absolute atomic E-state index is 14.8. The standard InChI is InChI=1S/C33H38O16/c1-11(34)23-28(40)29(45-4)17-7-15-5-14-6-16(35)8-18(36)24(14)27(39)25(15)31(42)32(17,30(23)41)49-22-10-20(33(43,44)13(3)47-22)48-21-9-19(37)26(38)12(2)46-21/h5-6,8,12-13,17,19-22,26,29,35-39,41,43-44H,7,9-10H2,1-4H3. The zero-order valence-electron chi connectivity index (χ0n) is 26.9. The molecule has 2 saturated heterocycles. The second kappa shape index (κ2) is 12.3. The van der Waals surface area contributed by atoms with E-state index in [0.717, 1.165) is 20.1 Å². The summed E-state index contributed by atoms with van der Waals surface area (Å²) < 4.78 is 29.0. The van der Waals surface area contributed by atoms with Gasteiger partial charge in [0.1, 0.15) is 53.0 Å². The molecule has 10 atom stereocenters.